The quantitative estimate of drug-likeness (QED) is 0.724. The van der Waals surface area contributed by atoms with Crippen LogP contribution >= 0.6 is 0 Å². The lowest BCUT2D eigenvalue weighted by atomic mass is 9.85. The summed E-state index contributed by atoms with van der Waals surface area (Å²) in [6.45, 7) is 5.65. The highest BCUT2D eigenvalue weighted by Gasteiger charge is 2.27. The molecule has 1 aromatic rings. The van der Waals surface area contributed by atoms with Gasteiger partial charge < -0.3 is 10.6 Å². The number of hydrogen-bond donors (Lipinski definition) is 2. The molecule has 0 saturated heterocycles. The van der Waals surface area contributed by atoms with E-state index >= 15 is 0 Å². The summed E-state index contributed by atoms with van der Waals surface area (Å²) in [7, 11) is 1.92. The fourth-order valence-electron chi connectivity index (χ4n) is 1.89. The Hall–Kier alpha value is -1.35. The van der Waals surface area contributed by atoms with Crippen molar-refractivity contribution in [1.29, 1.82) is 0 Å². The fraction of sp³-hybridized carbons (Fsp3) is 0.533. The van der Waals surface area contributed by atoms with Gasteiger partial charge in [0.15, 0.2) is 0 Å². The number of benzene rings is 1. The van der Waals surface area contributed by atoms with Gasteiger partial charge in [0.05, 0.1) is 0 Å². The Kier molecular flexibility index (Phi) is 5.86. The van der Waals surface area contributed by atoms with E-state index < -0.39 is 0 Å². The zero-order valence-electron chi connectivity index (χ0n) is 11.6. The van der Waals surface area contributed by atoms with Gasteiger partial charge in [0, 0.05) is 12.0 Å². The Balaban J connectivity index is 2.44. The van der Waals surface area contributed by atoms with E-state index in [2.05, 4.69) is 22.8 Å². The van der Waals surface area contributed by atoms with Crippen LogP contribution in [-0.2, 0) is 11.2 Å². The predicted octanol–water partition coefficient (Wildman–Crippen LogP) is 1.98. The largest absolute Gasteiger partial charge is 0.356 e. The van der Waals surface area contributed by atoms with Crippen LogP contribution in [0.1, 0.15) is 25.8 Å². The van der Waals surface area contributed by atoms with Crippen molar-refractivity contribution in [3.05, 3.63) is 35.9 Å². The van der Waals surface area contributed by atoms with Crippen LogP contribution in [0.3, 0.4) is 0 Å². The van der Waals surface area contributed by atoms with Gasteiger partial charge in [-0.05, 0) is 32.0 Å². The summed E-state index contributed by atoms with van der Waals surface area (Å²) in [5.41, 5.74) is 0.842. The summed E-state index contributed by atoms with van der Waals surface area (Å²) in [5.74, 6) is 0.127. The van der Waals surface area contributed by atoms with Crippen molar-refractivity contribution in [2.75, 3.05) is 20.1 Å². The minimum atomic E-state index is -0.360. The third kappa shape index (κ3) is 4.88. The number of carbonyl (C=O) groups is 1. The van der Waals surface area contributed by atoms with Crippen LogP contribution in [0.5, 0.6) is 0 Å². The fourth-order valence-corrected chi connectivity index (χ4v) is 1.89. The molecule has 1 aromatic carbocycles. The third-order valence-corrected chi connectivity index (χ3v) is 2.99. The van der Waals surface area contributed by atoms with Crippen LogP contribution < -0.4 is 10.6 Å². The molecule has 0 heterocycles. The number of hydrogen-bond acceptors (Lipinski definition) is 2. The van der Waals surface area contributed by atoms with Crippen molar-refractivity contribution in [2.45, 2.75) is 26.7 Å². The van der Waals surface area contributed by atoms with E-state index in [-0.39, 0.29) is 11.3 Å². The molecule has 0 aliphatic heterocycles. The maximum absolute atomic E-state index is 12.1. The topological polar surface area (TPSA) is 41.1 Å². The molecule has 3 nitrogen and oxygen atoms in total. The van der Waals surface area contributed by atoms with E-state index in [9.17, 15) is 4.79 Å². The lowest BCUT2D eigenvalue weighted by molar-refractivity contribution is -0.129. The second-order valence-electron chi connectivity index (χ2n) is 5.26. The summed E-state index contributed by atoms with van der Waals surface area (Å²) >= 11 is 0. The smallest absolute Gasteiger partial charge is 0.225 e. The molecular weight excluding hydrogens is 224 g/mol. The van der Waals surface area contributed by atoms with Gasteiger partial charge in [-0.3, -0.25) is 4.79 Å². The Bertz CT molecular complexity index is 360. The number of amides is 1. The summed E-state index contributed by atoms with van der Waals surface area (Å²) in [6, 6.07) is 10.1. The average molecular weight is 248 g/mol. The minimum Gasteiger partial charge on any atom is -0.356 e. The molecule has 18 heavy (non-hydrogen) atoms. The minimum absolute atomic E-state index is 0.127. The van der Waals surface area contributed by atoms with Crippen molar-refractivity contribution in [1.82, 2.24) is 10.6 Å². The molecule has 100 valence electrons. The number of nitrogens with one attached hydrogen (secondary N) is 2. The van der Waals surface area contributed by atoms with E-state index in [0.29, 0.717) is 0 Å². The molecule has 0 fully saturated rings. The van der Waals surface area contributed by atoms with Gasteiger partial charge in [0.2, 0.25) is 5.91 Å². The van der Waals surface area contributed by atoms with Gasteiger partial charge in [0.25, 0.3) is 0 Å². The van der Waals surface area contributed by atoms with Gasteiger partial charge in [-0.25, -0.2) is 0 Å². The highest BCUT2D eigenvalue weighted by molar-refractivity contribution is 5.82. The summed E-state index contributed by atoms with van der Waals surface area (Å²) < 4.78 is 0. The van der Waals surface area contributed by atoms with Crippen molar-refractivity contribution in [2.24, 2.45) is 5.41 Å². The molecule has 0 saturated carbocycles. The first kappa shape index (κ1) is 14.7. The second kappa shape index (κ2) is 7.17. The summed E-state index contributed by atoms with van der Waals surface area (Å²) in [5, 5.41) is 6.07. The maximum atomic E-state index is 12.1. The van der Waals surface area contributed by atoms with Crippen molar-refractivity contribution in [3.63, 3.8) is 0 Å². The Morgan fingerprint density at radius 3 is 2.44 bits per heavy atom. The van der Waals surface area contributed by atoms with E-state index in [4.69, 9.17) is 0 Å². The normalized spacial score (nSPS) is 11.3. The summed E-state index contributed by atoms with van der Waals surface area (Å²) in [4.78, 5) is 12.1. The summed E-state index contributed by atoms with van der Waals surface area (Å²) in [6.07, 6.45) is 1.73. The molecule has 0 radical (unpaired) electrons. The number of carbonyl (C=O) groups excluding carboxylic acids is 1. The number of rotatable bonds is 7. The molecule has 3 heteroatoms. The molecule has 0 aliphatic carbocycles. The van der Waals surface area contributed by atoms with Crippen LogP contribution in [0.4, 0.5) is 0 Å². The molecule has 2 N–H and O–H groups in total. The first-order valence-corrected chi connectivity index (χ1v) is 6.53. The highest BCUT2D eigenvalue weighted by Crippen LogP contribution is 2.21. The lowest BCUT2D eigenvalue weighted by Gasteiger charge is -2.23. The van der Waals surface area contributed by atoms with E-state index in [1.807, 2.05) is 39.1 Å². The standard InChI is InChI=1S/C15H24N2O/c1-15(2,12-13-8-5-4-6-9-13)14(18)17-11-7-10-16-3/h4-6,8-9,16H,7,10-12H2,1-3H3,(H,17,18). The second-order valence-corrected chi connectivity index (χ2v) is 5.26. The lowest BCUT2D eigenvalue weighted by Crippen LogP contribution is -2.39. The average Bonchev–Trinajstić information content (AvgIpc) is 2.35. The van der Waals surface area contributed by atoms with Gasteiger partial charge in [-0.2, -0.15) is 0 Å². The molecule has 1 amide bonds. The van der Waals surface area contributed by atoms with E-state index in [1.54, 1.807) is 0 Å². The van der Waals surface area contributed by atoms with E-state index in [0.717, 1.165) is 25.9 Å². The molecule has 0 aliphatic rings. The first-order chi connectivity index (χ1) is 8.56. The van der Waals surface area contributed by atoms with Crippen molar-refractivity contribution < 1.29 is 4.79 Å². The Labute approximate surface area is 110 Å². The molecule has 0 spiro atoms. The van der Waals surface area contributed by atoms with Crippen LogP contribution in [0.2, 0.25) is 0 Å². The Morgan fingerprint density at radius 1 is 1.17 bits per heavy atom. The molecule has 0 atom stereocenters. The van der Waals surface area contributed by atoms with Crippen LogP contribution in [0, 0.1) is 5.41 Å². The van der Waals surface area contributed by atoms with Gasteiger partial charge in [0.1, 0.15) is 0 Å². The van der Waals surface area contributed by atoms with Gasteiger partial charge in [-0.1, -0.05) is 44.2 Å². The third-order valence-electron chi connectivity index (χ3n) is 2.99. The molecular formula is C15H24N2O. The van der Waals surface area contributed by atoms with Crippen molar-refractivity contribution in [3.8, 4) is 0 Å². The predicted molar refractivity (Wildman–Crippen MR) is 75.5 cm³/mol. The van der Waals surface area contributed by atoms with E-state index in [1.165, 1.54) is 5.56 Å². The zero-order valence-corrected chi connectivity index (χ0v) is 11.6. The van der Waals surface area contributed by atoms with Gasteiger partial charge in [-0.15, -0.1) is 0 Å². The zero-order chi connectivity index (χ0) is 13.4. The van der Waals surface area contributed by atoms with Crippen LogP contribution in [-0.4, -0.2) is 26.0 Å². The first-order valence-electron chi connectivity index (χ1n) is 6.53. The molecule has 0 aromatic heterocycles. The van der Waals surface area contributed by atoms with Crippen LogP contribution in [0.25, 0.3) is 0 Å². The molecule has 0 bridgehead atoms. The Morgan fingerprint density at radius 2 is 1.83 bits per heavy atom. The monoisotopic (exact) mass is 248 g/mol. The van der Waals surface area contributed by atoms with Gasteiger partial charge >= 0.3 is 0 Å². The molecule has 0 unspecified atom stereocenters. The highest BCUT2D eigenvalue weighted by atomic mass is 16.2. The van der Waals surface area contributed by atoms with Crippen LogP contribution in [0.15, 0.2) is 30.3 Å². The SMILES string of the molecule is CNCCCNC(=O)C(C)(C)Cc1ccccc1. The van der Waals surface area contributed by atoms with Crippen molar-refractivity contribution >= 4 is 5.91 Å². The maximum Gasteiger partial charge on any atom is 0.225 e. The molecule has 1 rings (SSSR count).